The molecule has 1 saturated heterocycles. The number of hydrogen-bond acceptors (Lipinski definition) is 5. The molecule has 4 rings (SSSR count). The summed E-state index contributed by atoms with van der Waals surface area (Å²) in [6, 6.07) is 21.3. The summed E-state index contributed by atoms with van der Waals surface area (Å²) in [5.74, 6) is 1.97. The molecule has 0 aliphatic carbocycles. The normalized spacial score (nSPS) is 16.5. The maximum absolute atomic E-state index is 12.2. The van der Waals surface area contributed by atoms with E-state index in [9.17, 15) is 4.79 Å². The molecular formula is C22H18N2O3S. The van der Waals surface area contributed by atoms with Crippen LogP contribution in [-0.4, -0.2) is 18.2 Å². The molecule has 0 spiro atoms. The first-order valence-corrected chi connectivity index (χ1v) is 9.56. The van der Waals surface area contributed by atoms with Crippen LogP contribution in [0, 0.1) is 0 Å². The minimum atomic E-state index is -0.167. The largest absolute Gasteiger partial charge is 0.497 e. The molecule has 1 fully saturated rings. The highest BCUT2D eigenvalue weighted by Gasteiger charge is 2.24. The Labute approximate surface area is 167 Å². The van der Waals surface area contributed by atoms with Crippen molar-refractivity contribution in [3.63, 3.8) is 0 Å². The number of amides is 1. The molecule has 1 aliphatic rings. The third-order valence-electron chi connectivity index (χ3n) is 4.17. The minimum absolute atomic E-state index is 0.167. The number of hydrogen-bond donors (Lipinski definition) is 1. The quantitative estimate of drug-likeness (QED) is 0.641. The summed E-state index contributed by atoms with van der Waals surface area (Å²) < 4.78 is 11.0. The predicted molar refractivity (Wildman–Crippen MR) is 112 cm³/mol. The maximum Gasteiger partial charge on any atom is 0.264 e. The topological polar surface area (TPSA) is 63.8 Å². The van der Waals surface area contributed by atoms with Gasteiger partial charge in [0.05, 0.1) is 18.6 Å². The molecule has 0 bridgehead atoms. The van der Waals surface area contributed by atoms with Gasteiger partial charge in [-0.1, -0.05) is 30.3 Å². The fraction of sp³-hybridized carbons (Fsp3) is 0.0909. The van der Waals surface area contributed by atoms with Crippen molar-refractivity contribution in [2.45, 2.75) is 6.54 Å². The van der Waals surface area contributed by atoms with E-state index in [2.05, 4.69) is 10.3 Å². The van der Waals surface area contributed by atoms with Crippen LogP contribution >= 0.6 is 11.8 Å². The Morgan fingerprint density at radius 2 is 1.86 bits per heavy atom. The van der Waals surface area contributed by atoms with Crippen LogP contribution in [0.15, 0.2) is 81.0 Å². The zero-order chi connectivity index (χ0) is 19.3. The number of rotatable bonds is 5. The number of thioether (sulfide) groups is 1. The van der Waals surface area contributed by atoms with Crippen LogP contribution < -0.4 is 10.1 Å². The Morgan fingerprint density at radius 1 is 1.07 bits per heavy atom. The van der Waals surface area contributed by atoms with E-state index < -0.39 is 0 Å². The predicted octanol–water partition coefficient (Wildman–Crippen LogP) is 4.72. The second-order valence-corrected chi connectivity index (χ2v) is 7.13. The fourth-order valence-electron chi connectivity index (χ4n) is 2.72. The summed E-state index contributed by atoms with van der Waals surface area (Å²) in [7, 11) is 1.63. The first-order valence-electron chi connectivity index (χ1n) is 8.75. The van der Waals surface area contributed by atoms with Gasteiger partial charge in [0.25, 0.3) is 5.91 Å². The van der Waals surface area contributed by atoms with E-state index in [0.717, 1.165) is 22.6 Å². The van der Waals surface area contributed by atoms with E-state index in [1.54, 1.807) is 13.2 Å². The second-order valence-electron chi connectivity index (χ2n) is 6.10. The lowest BCUT2D eigenvalue weighted by Gasteiger charge is -2.00. The first-order chi connectivity index (χ1) is 13.7. The Kier molecular flexibility index (Phi) is 5.30. The molecule has 2 heterocycles. The molecule has 3 aromatic rings. The molecule has 6 heteroatoms. The zero-order valence-corrected chi connectivity index (χ0v) is 16.0. The summed E-state index contributed by atoms with van der Waals surface area (Å²) in [6.07, 6.45) is 1.73. The van der Waals surface area contributed by atoms with Gasteiger partial charge in [-0.3, -0.25) is 9.79 Å². The number of aliphatic imine (C=N–C) groups is 1. The van der Waals surface area contributed by atoms with Gasteiger partial charge in [-0.05, 0) is 53.7 Å². The number of amidine groups is 1. The number of nitrogens with zero attached hydrogens (tertiary/aromatic N) is 1. The molecule has 1 aromatic heterocycles. The van der Waals surface area contributed by atoms with Crippen LogP contribution in [0.3, 0.4) is 0 Å². The van der Waals surface area contributed by atoms with E-state index in [-0.39, 0.29) is 5.91 Å². The highest BCUT2D eigenvalue weighted by Crippen LogP contribution is 2.29. The third-order valence-corrected chi connectivity index (χ3v) is 5.12. The van der Waals surface area contributed by atoms with Crippen LogP contribution in [0.25, 0.3) is 17.4 Å². The van der Waals surface area contributed by atoms with Crippen LogP contribution in [0.1, 0.15) is 11.3 Å². The van der Waals surface area contributed by atoms with E-state index in [0.29, 0.717) is 22.4 Å². The van der Waals surface area contributed by atoms with Gasteiger partial charge in [0, 0.05) is 11.6 Å². The standard InChI is InChI=1S/C22H18N2O3S/c1-26-17-9-7-16(8-10-17)19-12-11-18(27-19)13-20-21(25)24-22(28-20)23-14-15-5-3-2-4-6-15/h2-13H,14H2,1H3,(H,23,24,25)/b20-13+. The van der Waals surface area contributed by atoms with Crippen LogP contribution in [-0.2, 0) is 11.3 Å². The second kappa shape index (κ2) is 8.19. The molecule has 0 saturated carbocycles. The number of carbonyl (C=O) groups excluding carboxylic acids is 1. The van der Waals surface area contributed by atoms with Gasteiger partial charge < -0.3 is 14.5 Å². The van der Waals surface area contributed by atoms with Crippen molar-refractivity contribution in [1.29, 1.82) is 0 Å². The molecule has 2 aromatic carbocycles. The molecule has 5 nitrogen and oxygen atoms in total. The molecular weight excluding hydrogens is 372 g/mol. The van der Waals surface area contributed by atoms with Crippen molar-refractivity contribution in [3.05, 3.63) is 83.0 Å². The van der Waals surface area contributed by atoms with Crippen molar-refractivity contribution >= 4 is 28.9 Å². The van der Waals surface area contributed by atoms with Gasteiger partial charge in [-0.25, -0.2) is 0 Å². The van der Waals surface area contributed by atoms with E-state index in [1.165, 1.54) is 11.8 Å². The average Bonchev–Trinajstić information content (AvgIpc) is 3.34. The van der Waals surface area contributed by atoms with E-state index in [4.69, 9.17) is 9.15 Å². The maximum atomic E-state index is 12.2. The smallest absolute Gasteiger partial charge is 0.264 e. The molecule has 28 heavy (non-hydrogen) atoms. The Bertz CT molecular complexity index is 1040. The number of methoxy groups -OCH3 is 1. The summed E-state index contributed by atoms with van der Waals surface area (Å²) in [6.45, 7) is 0.527. The SMILES string of the molecule is COc1ccc(-c2ccc(/C=C3/SC(=NCc4ccccc4)NC3=O)o2)cc1. The summed E-state index contributed by atoms with van der Waals surface area (Å²) in [5.41, 5.74) is 2.04. The summed E-state index contributed by atoms with van der Waals surface area (Å²) >= 11 is 1.32. The monoisotopic (exact) mass is 390 g/mol. The fourth-order valence-corrected chi connectivity index (χ4v) is 3.52. The summed E-state index contributed by atoms with van der Waals surface area (Å²) in [5, 5.41) is 3.39. The van der Waals surface area contributed by atoms with Crippen LogP contribution in [0.2, 0.25) is 0 Å². The van der Waals surface area contributed by atoms with Crippen molar-refractivity contribution < 1.29 is 13.9 Å². The molecule has 140 valence electrons. The highest BCUT2D eigenvalue weighted by atomic mass is 32.2. The first kappa shape index (κ1) is 18.1. The van der Waals surface area contributed by atoms with Crippen LogP contribution in [0.5, 0.6) is 5.75 Å². The van der Waals surface area contributed by atoms with Crippen molar-refractivity contribution in [1.82, 2.24) is 5.32 Å². The lowest BCUT2D eigenvalue weighted by atomic mass is 10.2. The van der Waals surface area contributed by atoms with Crippen molar-refractivity contribution in [3.8, 4) is 17.1 Å². The molecule has 1 N–H and O–H groups in total. The Hall–Kier alpha value is -3.25. The number of furan rings is 1. The molecule has 0 unspecified atom stereocenters. The van der Waals surface area contributed by atoms with Crippen LogP contribution in [0.4, 0.5) is 0 Å². The lowest BCUT2D eigenvalue weighted by Crippen LogP contribution is -2.19. The lowest BCUT2D eigenvalue weighted by molar-refractivity contribution is -0.115. The molecule has 1 amide bonds. The zero-order valence-electron chi connectivity index (χ0n) is 15.2. The van der Waals surface area contributed by atoms with Gasteiger partial charge in [0.15, 0.2) is 5.17 Å². The Morgan fingerprint density at radius 3 is 2.61 bits per heavy atom. The van der Waals surface area contributed by atoms with E-state index >= 15 is 0 Å². The molecule has 0 radical (unpaired) electrons. The number of benzene rings is 2. The van der Waals surface area contributed by atoms with E-state index in [1.807, 2.05) is 66.7 Å². The molecule has 0 atom stereocenters. The highest BCUT2D eigenvalue weighted by molar-refractivity contribution is 8.18. The van der Waals surface area contributed by atoms with Gasteiger partial charge in [-0.15, -0.1) is 0 Å². The number of carbonyl (C=O) groups is 1. The summed E-state index contributed by atoms with van der Waals surface area (Å²) in [4.78, 5) is 17.2. The van der Waals surface area contributed by atoms with Crippen molar-refractivity contribution in [2.75, 3.05) is 7.11 Å². The van der Waals surface area contributed by atoms with Gasteiger partial charge in [0.2, 0.25) is 0 Å². The molecule has 1 aliphatic heterocycles. The minimum Gasteiger partial charge on any atom is -0.497 e. The number of nitrogens with one attached hydrogen (secondary N) is 1. The van der Waals surface area contributed by atoms with Gasteiger partial charge in [0.1, 0.15) is 17.3 Å². The Balaban J connectivity index is 1.47. The average molecular weight is 390 g/mol. The third kappa shape index (κ3) is 4.18. The van der Waals surface area contributed by atoms with Crippen molar-refractivity contribution in [2.24, 2.45) is 4.99 Å². The van der Waals surface area contributed by atoms with Gasteiger partial charge >= 0.3 is 0 Å². The number of ether oxygens (including phenoxy) is 1. The van der Waals surface area contributed by atoms with Gasteiger partial charge in [-0.2, -0.15) is 0 Å².